The number of aliphatic hydroxyl groups is 1. The highest BCUT2D eigenvalue weighted by Crippen LogP contribution is 2.11. The van der Waals surface area contributed by atoms with Gasteiger partial charge in [0.05, 0.1) is 25.0 Å². The Morgan fingerprint density at radius 3 is 2.89 bits per heavy atom. The van der Waals surface area contributed by atoms with Gasteiger partial charge in [-0.15, -0.1) is 0 Å². The van der Waals surface area contributed by atoms with E-state index < -0.39 is 6.10 Å². The number of rotatable bonds is 11. The van der Waals surface area contributed by atoms with Crippen molar-refractivity contribution in [2.24, 2.45) is 0 Å². The number of hydrogen-bond donors (Lipinski definition) is 2. The van der Waals surface area contributed by atoms with Crippen molar-refractivity contribution in [1.29, 1.82) is 0 Å². The molecule has 0 aliphatic heterocycles. The molecule has 4 nitrogen and oxygen atoms in total. The molecular weight excluding hydrogens is 242 g/mol. The van der Waals surface area contributed by atoms with E-state index in [2.05, 4.69) is 12.2 Å². The Hall–Kier alpha value is -0.840. The van der Waals surface area contributed by atoms with Gasteiger partial charge in [-0.3, -0.25) is 0 Å². The molecule has 19 heavy (non-hydrogen) atoms. The molecule has 1 aromatic heterocycles. The summed E-state index contributed by atoms with van der Waals surface area (Å²) in [6, 6.07) is 3.90. The van der Waals surface area contributed by atoms with Crippen molar-refractivity contribution in [3.63, 3.8) is 0 Å². The number of ether oxygens (including phenoxy) is 1. The Bertz CT molecular complexity index is 300. The first-order chi connectivity index (χ1) is 9.24. The first kappa shape index (κ1) is 16.2. The fourth-order valence-corrected chi connectivity index (χ4v) is 1.86. The number of aliphatic hydroxyl groups excluding tert-OH is 1. The quantitative estimate of drug-likeness (QED) is 0.607. The number of nitrogens with one attached hydrogen (secondary N) is 1. The van der Waals surface area contributed by atoms with Crippen molar-refractivity contribution in [3.8, 4) is 0 Å². The van der Waals surface area contributed by atoms with E-state index in [0.717, 1.165) is 18.8 Å². The van der Waals surface area contributed by atoms with Crippen LogP contribution in [0.3, 0.4) is 0 Å². The van der Waals surface area contributed by atoms with E-state index >= 15 is 0 Å². The van der Waals surface area contributed by atoms with Crippen molar-refractivity contribution < 1.29 is 14.3 Å². The topological polar surface area (TPSA) is 54.6 Å². The maximum Gasteiger partial charge on any atom is 0.120 e. The molecule has 0 saturated heterocycles. The zero-order chi connectivity index (χ0) is 13.9. The summed E-state index contributed by atoms with van der Waals surface area (Å²) in [6.45, 7) is 5.85. The maximum atomic E-state index is 9.78. The van der Waals surface area contributed by atoms with Crippen LogP contribution in [-0.2, 0) is 4.74 Å². The molecule has 0 amide bonds. The van der Waals surface area contributed by atoms with E-state index in [1.807, 2.05) is 19.1 Å². The maximum absolute atomic E-state index is 9.78. The third kappa shape index (κ3) is 7.35. The molecule has 2 atom stereocenters. The fourth-order valence-electron chi connectivity index (χ4n) is 1.86. The molecule has 1 aromatic rings. The van der Waals surface area contributed by atoms with Gasteiger partial charge in [0.15, 0.2) is 0 Å². The Morgan fingerprint density at radius 2 is 2.21 bits per heavy atom. The predicted molar refractivity (Wildman–Crippen MR) is 76.1 cm³/mol. The van der Waals surface area contributed by atoms with E-state index in [4.69, 9.17) is 9.15 Å². The predicted octanol–water partition coefficient (Wildman–Crippen LogP) is 2.89. The van der Waals surface area contributed by atoms with Crippen LogP contribution in [0.25, 0.3) is 0 Å². The van der Waals surface area contributed by atoms with Crippen LogP contribution in [0.1, 0.15) is 51.3 Å². The Kier molecular flexibility index (Phi) is 8.54. The molecule has 0 aliphatic carbocycles. The van der Waals surface area contributed by atoms with Crippen LogP contribution in [0.2, 0.25) is 0 Å². The molecule has 110 valence electrons. The van der Waals surface area contributed by atoms with Gasteiger partial charge in [0.2, 0.25) is 0 Å². The third-order valence-corrected chi connectivity index (χ3v) is 3.08. The van der Waals surface area contributed by atoms with Gasteiger partial charge in [0.25, 0.3) is 0 Å². The highest BCUT2D eigenvalue weighted by atomic mass is 16.5. The van der Waals surface area contributed by atoms with E-state index in [0.29, 0.717) is 13.2 Å². The minimum Gasteiger partial charge on any atom is -0.468 e. The number of unbranched alkanes of at least 4 members (excludes halogenated alkanes) is 3. The lowest BCUT2D eigenvalue weighted by Gasteiger charge is -2.15. The van der Waals surface area contributed by atoms with Gasteiger partial charge < -0.3 is 19.6 Å². The number of hydrogen-bond acceptors (Lipinski definition) is 4. The Balaban J connectivity index is 2.00. The van der Waals surface area contributed by atoms with Crippen LogP contribution in [0, 0.1) is 0 Å². The Morgan fingerprint density at radius 1 is 1.37 bits per heavy atom. The Labute approximate surface area is 116 Å². The molecular formula is C15H27NO3. The molecule has 0 saturated carbocycles. The molecule has 1 unspecified atom stereocenters. The third-order valence-electron chi connectivity index (χ3n) is 3.08. The van der Waals surface area contributed by atoms with Crippen LogP contribution < -0.4 is 5.32 Å². The molecule has 4 heteroatoms. The van der Waals surface area contributed by atoms with Gasteiger partial charge in [0, 0.05) is 13.2 Å². The average Bonchev–Trinajstić information content (AvgIpc) is 2.94. The van der Waals surface area contributed by atoms with E-state index in [1.165, 1.54) is 19.3 Å². The van der Waals surface area contributed by atoms with Crippen molar-refractivity contribution in [3.05, 3.63) is 24.2 Å². The SMILES string of the molecule is CCCCCCOCC(O)CN[C@@H](C)c1ccco1. The van der Waals surface area contributed by atoms with E-state index in [9.17, 15) is 5.11 Å². The van der Waals surface area contributed by atoms with Gasteiger partial charge in [-0.25, -0.2) is 0 Å². The lowest BCUT2D eigenvalue weighted by Crippen LogP contribution is -2.32. The minimum absolute atomic E-state index is 0.106. The van der Waals surface area contributed by atoms with Crippen LogP contribution >= 0.6 is 0 Å². The largest absolute Gasteiger partial charge is 0.468 e. The van der Waals surface area contributed by atoms with Crippen LogP contribution in [0.5, 0.6) is 0 Å². The van der Waals surface area contributed by atoms with Gasteiger partial charge in [-0.1, -0.05) is 26.2 Å². The second-order valence-corrected chi connectivity index (χ2v) is 4.93. The molecule has 0 fully saturated rings. The van der Waals surface area contributed by atoms with E-state index in [1.54, 1.807) is 6.26 Å². The lowest BCUT2D eigenvalue weighted by atomic mass is 10.2. The molecule has 0 aliphatic rings. The van der Waals surface area contributed by atoms with Crippen molar-refractivity contribution in [2.75, 3.05) is 19.8 Å². The zero-order valence-corrected chi connectivity index (χ0v) is 12.1. The standard InChI is InChI=1S/C15H27NO3/c1-3-4-5-6-9-18-12-14(17)11-16-13(2)15-8-7-10-19-15/h7-8,10,13-14,16-17H,3-6,9,11-12H2,1-2H3/t13-,14?/m0/s1. The summed E-state index contributed by atoms with van der Waals surface area (Å²) < 4.78 is 10.7. The summed E-state index contributed by atoms with van der Waals surface area (Å²) in [5, 5.41) is 13.0. The summed E-state index contributed by atoms with van der Waals surface area (Å²) >= 11 is 0. The van der Waals surface area contributed by atoms with Crippen molar-refractivity contribution in [1.82, 2.24) is 5.32 Å². The molecule has 0 spiro atoms. The summed E-state index contributed by atoms with van der Waals surface area (Å²) in [5.74, 6) is 0.882. The molecule has 1 rings (SSSR count). The number of furan rings is 1. The van der Waals surface area contributed by atoms with Gasteiger partial charge in [-0.05, 0) is 25.5 Å². The highest BCUT2D eigenvalue weighted by Gasteiger charge is 2.10. The van der Waals surface area contributed by atoms with Crippen LogP contribution in [-0.4, -0.2) is 31.0 Å². The van der Waals surface area contributed by atoms with E-state index in [-0.39, 0.29) is 6.04 Å². The van der Waals surface area contributed by atoms with Gasteiger partial charge in [0.1, 0.15) is 5.76 Å². The normalized spacial score (nSPS) is 14.5. The summed E-state index contributed by atoms with van der Waals surface area (Å²) in [4.78, 5) is 0. The first-order valence-electron chi connectivity index (χ1n) is 7.26. The monoisotopic (exact) mass is 269 g/mol. The first-order valence-corrected chi connectivity index (χ1v) is 7.26. The van der Waals surface area contributed by atoms with Crippen molar-refractivity contribution in [2.45, 2.75) is 51.7 Å². The van der Waals surface area contributed by atoms with Crippen LogP contribution in [0.15, 0.2) is 22.8 Å². The molecule has 0 bridgehead atoms. The summed E-state index contributed by atoms with van der Waals surface area (Å²) in [7, 11) is 0. The van der Waals surface area contributed by atoms with Gasteiger partial charge in [-0.2, -0.15) is 0 Å². The summed E-state index contributed by atoms with van der Waals surface area (Å²) in [5.41, 5.74) is 0. The second-order valence-electron chi connectivity index (χ2n) is 4.93. The molecule has 0 aromatic carbocycles. The molecule has 0 radical (unpaired) electrons. The minimum atomic E-state index is -0.469. The second kappa shape index (κ2) is 10.0. The summed E-state index contributed by atoms with van der Waals surface area (Å²) in [6.07, 6.45) is 5.97. The van der Waals surface area contributed by atoms with Crippen LogP contribution in [0.4, 0.5) is 0 Å². The molecule has 1 heterocycles. The smallest absolute Gasteiger partial charge is 0.120 e. The molecule has 2 N–H and O–H groups in total. The lowest BCUT2D eigenvalue weighted by molar-refractivity contribution is 0.0340. The highest BCUT2D eigenvalue weighted by molar-refractivity contribution is 5.02. The van der Waals surface area contributed by atoms with Crippen molar-refractivity contribution >= 4 is 0 Å². The fraction of sp³-hybridized carbons (Fsp3) is 0.733. The zero-order valence-electron chi connectivity index (χ0n) is 12.1. The van der Waals surface area contributed by atoms with Gasteiger partial charge >= 0.3 is 0 Å². The average molecular weight is 269 g/mol.